The fourth-order valence-electron chi connectivity index (χ4n) is 2.86. The predicted octanol–water partition coefficient (Wildman–Crippen LogP) is 1.73. The van der Waals surface area contributed by atoms with Gasteiger partial charge in [0, 0.05) is 31.7 Å². The fraction of sp³-hybridized carbons (Fsp3) is 0.769. The molecule has 3 rings (SSSR count). The summed E-state index contributed by atoms with van der Waals surface area (Å²) in [6.07, 6.45) is 6.85. The van der Waals surface area contributed by atoms with Gasteiger partial charge in [0.2, 0.25) is 0 Å². The van der Waals surface area contributed by atoms with Crippen LogP contribution >= 0.6 is 11.8 Å². The van der Waals surface area contributed by atoms with Crippen LogP contribution in [0, 0.1) is 11.8 Å². The maximum atomic E-state index is 9.22. The molecule has 0 aliphatic carbocycles. The number of fused-ring (bicyclic) bond motifs is 1. The maximum absolute atomic E-state index is 9.22. The normalized spacial score (nSPS) is 28.3. The van der Waals surface area contributed by atoms with Crippen LogP contribution in [0.4, 0.5) is 0 Å². The summed E-state index contributed by atoms with van der Waals surface area (Å²) in [4.78, 5) is 4.76. The van der Waals surface area contributed by atoms with Crippen molar-refractivity contribution in [3.63, 3.8) is 0 Å². The van der Waals surface area contributed by atoms with E-state index in [0.29, 0.717) is 12.5 Å². The van der Waals surface area contributed by atoms with Gasteiger partial charge in [-0.25, -0.2) is 4.98 Å². The van der Waals surface area contributed by atoms with Crippen LogP contribution in [0.5, 0.6) is 0 Å². The molecule has 0 radical (unpaired) electrons. The van der Waals surface area contributed by atoms with E-state index in [9.17, 15) is 5.11 Å². The minimum Gasteiger partial charge on any atom is -0.396 e. The van der Waals surface area contributed by atoms with Crippen molar-refractivity contribution in [1.82, 2.24) is 9.55 Å². The Labute approximate surface area is 107 Å². The van der Waals surface area contributed by atoms with Crippen molar-refractivity contribution in [3.05, 3.63) is 17.7 Å². The van der Waals surface area contributed by atoms with Crippen LogP contribution in [0.1, 0.15) is 24.4 Å². The Morgan fingerprint density at radius 3 is 3.12 bits per heavy atom. The van der Waals surface area contributed by atoms with E-state index in [1.165, 1.54) is 29.4 Å². The second-order valence-corrected chi connectivity index (χ2v) is 6.47. The van der Waals surface area contributed by atoms with Crippen molar-refractivity contribution in [2.75, 3.05) is 18.1 Å². The van der Waals surface area contributed by atoms with Crippen molar-refractivity contribution < 1.29 is 5.11 Å². The highest BCUT2D eigenvalue weighted by molar-refractivity contribution is 7.99. The van der Waals surface area contributed by atoms with Gasteiger partial charge in [-0.05, 0) is 36.7 Å². The molecule has 0 amide bonds. The van der Waals surface area contributed by atoms with Gasteiger partial charge in [0.1, 0.15) is 5.82 Å². The number of aliphatic hydroxyl groups excluding tert-OH is 1. The van der Waals surface area contributed by atoms with Crippen LogP contribution in [-0.2, 0) is 19.4 Å². The van der Waals surface area contributed by atoms with Gasteiger partial charge in [-0.3, -0.25) is 0 Å². The molecule has 2 atom stereocenters. The highest BCUT2D eigenvalue weighted by atomic mass is 32.2. The minimum atomic E-state index is 0.312. The molecule has 1 N–H and O–H groups in total. The molecular weight excluding hydrogens is 232 g/mol. The number of aliphatic hydroxyl groups is 1. The minimum absolute atomic E-state index is 0.312. The number of nitrogens with zero attached hydrogens (tertiary/aromatic N) is 2. The lowest BCUT2D eigenvalue weighted by atomic mass is 10.0. The zero-order valence-electron chi connectivity index (χ0n) is 10.1. The van der Waals surface area contributed by atoms with Gasteiger partial charge >= 0.3 is 0 Å². The fourth-order valence-corrected chi connectivity index (χ4v) is 4.15. The number of aromatic nitrogens is 2. The van der Waals surface area contributed by atoms with E-state index in [4.69, 9.17) is 4.98 Å². The Kier molecular flexibility index (Phi) is 3.43. The SMILES string of the molecule is OCC1CCc2nc(CC3CCSC3)cn2C1. The first kappa shape index (κ1) is 11.6. The van der Waals surface area contributed by atoms with Crippen molar-refractivity contribution in [2.45, 2.75) is 32.2 Å². The topological polar surface area (TPSA) is 38.1 Å². The van der Waals surface area contributed by atoms with Crippen molar-refractivity contribution in [1.29, 1.82) is 0 Å². The summed E-state index contributed by atoms with van der Waals surface area (Å²) in [5.41, 5.74) is 1.27. The highest BCUT2D eigenvalue weighted by Gasteiger charge is 2.22. The first-order valence-corrected chi connectivity index (χ1v) is 7.74. The summed E-state index contributed by atoms with van der Waals surface area (Å²) >= 11 is 2.07. The number of hydrogen-bond acceptors (Lipinski definition) is 3. The zero-order chi connectivity index (χ0) is 11.7. The van der Waals surface area contributed by atoms with E-state index in [1.807, 2.05) is 0 Å². The molecule has 17 heavy (non-hydrogen) atoms. The quantitative estimate of drug-likeness (QED) is 0.890. The predicted molar refractivity (Wildman–Crippen MR) is 70.3 cm³/mol. The van der Waals surface area contributed by atoms with Gasteiger partial charge < -0.3 is 9.67 Å². The van der Waals surface area contributed by atoms with Gasteiger partial charge in [0.05, 0.1) is 5.69 Å². The molecule has 2 unspecified atom stereocenters. The average Bonchev–Trinajstić information content (AvgIpc) is 2.96. The lowest BCUT2D eigenvalue weighted by Gasteiger charge is -2.21. The molecule has 1 saturated heterocycles. The first-order valence-electron chi connectivity index (χ1n) is 6.58. The van der Waals surface area contributed by atoms with Crippen molar-refractivity contribution in [2.24, 2.45) is 11.8 Å². The first-order chi connectivity index (χ1) is 8.35. The Balaban J connectivity index is 1.69. The molecule has 0 spiro atoms. The summed E-state index contributed by atoms with van der Waals surface area (Å²) < 4.78 is 2.27. The van der Waals surface area contributed by atoms with E-state index < -0.39 is 0 Å². The average molecular weight is 252 g/mol. The number of imidazole rings is 1. The standard InChI is InChI=1S/C13H20N2OS/c16-8-11-1-2-13-14-12(7-15(13)6-11)5-10-3-4-17-9-10/h7,10-11,16H,1-6,8-9H2. The van der Waals surface area contributed by atoms with Gasteiger partial charge in [-0.15, -0.1) is 0 Å². The molecular formula is C13H20N2OS. The van der Waals surface area contributed by atoms with E-state index in [2.05, 4.69) is 22.5 Å². The van der Waals surface area contributed by atoms with E-state index in [-0.39, 0.29) is 0 Å². The maximum Gasteiger partial charge on any atom is 0.108 e. The number of aryl methyl sites for hydroxylation is 1. The molecule has 2 aliphatic heterocycles. The second kappa shape index (κ2) is 5.02. The largest absolute Gasteiger partial charge is 0.396 e. The summed E-state index contributed by atoms with van der Waals surface area (Å²) in [5, 5.41) is 9.22. The molecule has 1 aromatic heterocycles. The molecule has 0 aromatic carbocycles. The van der Waals surface area contributed by atoms with Crippen LogP contribution in [0.3, 0.4) is 0 Å². The van der Waals surface area contributed by atoms with E-state index >= 15 is 0 Å². The zero-order valence-corrected chi connectivity index (χ0v) is 11.0. The Morgan fingerprint density at radius 2 is 2.35 bits per heavy atom. The van der Waals surface area contributed by atoms with Gasteiger partial charge in [-0.1, -0.05) is 0 Å². The molecule has 0 saturated carbocycles. The Hall–Kier alpha value is -0.480. The molecule has 2 aliphatic rings. The molecule has 1 aromatic rings. The number of hydrogen-bond donors (Lipinski definition) is 1. The third-order valence-electron chi connectivity index (χ3n) is 3.92. The lowest BCUT2D eigenvalue weighted by Crippen LogP contribution is -2.22. The third-order valence-corrected chi connectivity index (χ3v) is 5.15. The lowest BCUT2D eigenvalue weighted by molar-refractivity contribution is 0.190. The molecule has 3 nitrogen and oxygen atoms in total. The van der Waals surface area contributed by atoms with E-state index in [1.54, 1.807) is 0 Å². The summed E-state index contributed by atoms with van der Waals surface area (Å²) in [6, 6.07) is 0. The smallest absolute Gasteiger partial charge is 0.108 e. The van der Waals surface area contributed by atoms with Gasteiger partial charge in [-0.2, -0.15) is 11.8 Å². The molecule has 4 heteroatoms. The van der Waals surface area contributed by atoms with E-state index in [0.717, 1.165) is 31.7 Å². The third kappa shape index (κ3) is 2.52. The summed E-state index contributed by atoms with van der Waals surface area (Å²) in [5.74, 6) is 5.14. The summed E-state index contributed by atoms with van der Waals surface area (Å²) in [6.45, 7) is 1.27. The van der Waals surface area contributed by atoms with Gasteiger partial charge in [0.15, 0.2) is 0 Å². The number of thioether (sulfide) groups is 1. The summed E-state index contributed by atoms with van der Waals surface area (Å²) in [7, 11) is 0. The van der Waals surface area contributed by atoms with Crippen LogP contribution in [-0.4, -0.2) is 32.8 Å². The Bertz CT molecular complexity index is 385. The molecule has 1 fully saturated rings. The highest BCUT2D eigenvalue weighted by Crippen LogP contribution is 2.27. The molecule has 0 bridgehead atoms. The molecule has 94 valence electrons. The number of rotatable bonds is 3. The van der Waals surface area contributed by atoms with Crippen LogP contribution in [0.15, 0.2) is 6.20 Å². The van der Waals surface area contributed by atoms with Gasteiger partial charge in [0.25, 0.3) is 0 Å². The van der Waals surface area contributed by atoms with Crippen LogP contribution in [0.2, 0.25) is 0 Å². The van der Waals surface area contributed by atoms with Crippen molar-refractivity contribution >= 4 is 11.8 Å². The Morgan fingerprint density at radius 1 is 1.41 bits per heavy atom. The van der Waals surface area contributed by atoms with Crippen molar-refractivity contribution in [3.8, 4) is 0 Å². The molecule has 3 heterocycles. The second-order valence-electron chi connectivity index (χ2n) is 5.32. The monoisotopic (exact) mass is 252 g/mol. The van der Waals surface area contributed by atoms with Crippen LogP contribution < -0.4 is 0 Å². The van der Waals surface area contributed by atoms with Crippen LogP contribution in [0.25, 0.3) is 0 Å².